The molecule has 2 nitrogen and oxygen atoms in total. The zero-order valence-electron chi connectivity index (χ0n) is 13.9. The summed E-state index contributed by atoms with van der Waals surface area (Å²) >= 11 is 0. The molecular formula is C17H29NO. The molecule has 0 amide bonds. The topological polar surface area (TPSA) is 32.3 Å². The maximum absolute atomic E-state index is 10.8. The Labute approximate surface area is 118 Å². The van der Waals surface area contributed by atoms with Crippen LogP contribution in [0.15, 0.2) is 0 Å². The number of rotatable bonds is 1. The normalized spacial score (nSPS) is 12.7. The first-order valence-electron chi connectivity index (χ1n) is 6.97. The van der Waals surface area contributed by atoms with Gasteiger partial charge in [0.15, 0.2) is 0 Å². The minimum absolute atomic E-state index is 0.0759. The standard InChI is InChI=1S/C17H29NO/c1-10-12(16(3,4)5)15(19)13(17(6,7)8)11(2)14(10)18-9/h18-19H,1-9H3. The highest BCUT2D eigenvalue weighted by Gasteiger charge is 2.31. The fourth-order valence-electron chi connectivity index (χ4n) is 3.22. The largest absolute Gasteiger partial charge is 0.507 e. The molecule has 0 aliphatic carbocycles. The first-order valence-corrected chi connectivity index (χ1v) is 6.97. The lowest BCUT2D eigenvalue weighted by molar-refractivity contribution is 0.421. The molecule has 1 aromatic carbocycles. The first-order chi connectivity index (χ1) is 8.42. The van der Waals surface area contributed by atoms with Crippen LogP contribution in [0, 0.1) is 13.8 Å². The molecule has 0 saturated carbocycles. The second-order valence-electron chi connectivity index (χ2n) is 7.47. The summed E-state index contributed by atoms with van der Waals surface area (Å²) in [5.74, 6) is 0.467. The van der Waals surface area contributed by atoms with Crippen molar-refractivity contribution < 1.29 is 5.11 Å². The van der Waals surface area contributed by atoms with E-state index in [9.17, 15) is 5.11 Å². The van der Waals surface area contributed by atoms with Crippen LogP contribution in [-0.2, 0) is 10.8 Å². The van der Waals surface area contributed by atoms with Crippen molar-refractivity contribution >= 4 is 5.69 Å². The highest BCUT2D eigenvalue weighted by Crippen LogP contribution is 2.46. The molecule has 0 atom stereocenters. The van der Waals surface area contributed by atoms with E-state index in [4.69, 9.17) is 0 Å². The van der Waals surface area contributed by atoms with E-state index < -0.39 is 0 Å². The Morgan fingerprint density at radius 2 is 1.11 bits per heavy atom. The van der Waals surface area contributed by atoms with Crippen LogP contribution in [-0.4, -0.2) is 12.2 Å². The van der Waals surface area contributed by atoms with Gasteiger partial charge in [0.25, 0.3) is 0 Å². The lowest BCUT2D eigenvalue weighted by Gasteiger charge is -2.32. The van der Waals surface area contributed by atoms with Gasteiger partial charge in [0.2, 0.25) is 0 Å². The first kappa shape index (κ1) is 15.9. The molecule has 0 spiro atoms. The molecule has 19 heavy (non-hydrogen) atoms. The number of aromatic hydroxyl groups is 1. The van der Waals surface area contributed by atoms with E-state index in [1.807, 2.05) is 7.05 Å². The number of anilines is 1. The minimum atomic E-state index is -0.0759. The smallest absolute Gasteiger partial charge is 0.123 e. The summed E-state index contributed by atoms with van der Waals surface area (Å²) in [6.45, 7) is 17.1. The van der Waals surface area contributed by atoms with Crippen molar-refractivity contribution in [3.8, 4) is 5.75 Å². The molecule has 0 saturated heterocycles. The van der Waals surface area contributed by atoms with Crippen LogP contribution in [0.3, 0.4) is 0 Å². The molecule has 0 heterocycles. The number of nitrogens with one attached hydrogen (secondary N) is 1. The van der Waals surface area contributed by atoms with Crippen molar-refractivity contribution in [2.45, 2.75) is 66.2 Å². The number of phenolic OH excluding ortho intramolecular Hbond substituents is 1. The molecule has 2 heteroatoms. The van der Waals surface area contributed by atoms with Gasteiger partial charge in [-0.2, -0.15) is 0 Å². The molecule has 1 rings (SSSR count). The molecule has 2 N–H and O–H groups in total. The van der Waals surface area contributed by atoms with Gasteiger partial charge in [0.1, 0.15) is 5.75 Å². The Balaban J connectivity index is 3.88. The quantitative estimate of drug-likeness (QED) is 0.723. The second-order valence-corrected chi connectivity index (χ2v) is 7.47. The van der Waals surface area contributed by atoms with E-state index in [2.05, 4.69) is 60.7 Å². The van der Waals surface area contributed by atoms with Crippen LogP contribution in [0.1, 0.15) is 63.8 Å². The summed E-state index contributed by atoms with van der Waals surface area (Å²) < 4.78 is 0. The Morgan fingerprint density at radius 1 is 0.789 bits per heavy atom. The van der Waals surface area contributed by atoms with Gasteiger partial charge in [0, 0.05) is 23.9 Å². The molecule has 0 aliphatic heterocycles. The van der Waals surface area contributed by atoms with Crippen molar-refractivity contribution in [1.29, 1.82) is 0 Å². The Kier molecular flexibility index (Phi) is 3.96. The molecular weight excluding hydrogens is 234 g/mol. The van der Waals surface area contributed by atoms with Gasteiger partial charge < -0.3 is 10.4 Å². The zero-order valence-corrected chi connectivity index (χ0v) is 13.9. The number of benzene rings is 1. The molecule has 0 radical (unpaired) electrons. The molecule has 0 aromatic heterocycles. The van der Waals surface area contributed by atoms with Crippen molar-refractivity contribution in [2.75, 3.05) is 12.4 Å². The lowest BCUT2D eigenvalue weighted by atomic mass is 9.75. The maximum Gasteiger partial charge on any atom is 0.123 e. The van der Waals surface area contributed by atoms with E-state index >= 15 is 0 Å². The minimum Gasteiger partial charge on any atom is -0.507 e. The fraction of sp³-hybridized carbons (Fsp3) is 0.647. The average molecular weight is 263 g/mol. The molecule has 0 bridgehead atoms. The molecule has 108 valence electrons. The van der Waals surface area contributed by atoms with Crippen molar-refractivity contribution in [3.63, 3.8) is 0 Å². The van der Waals surface area contributed by atoms with E-state index in [-0.39, 0.29) is 10.8 Å². The van der Waals surface area contributed by atoms with Crippen LogP contribution in [0.25, 0.3) is 0 Å². The number of phenols is 1. The molecule has 0 unspecified atom stereocenters. The van der Waals surface area contributed by atoms with Gasteiger partial charge in [-0.3, -0.25) is 0 Å². The van der Waals surface area contributed by atoms with E-state index in [0.29, 0.717) is 5.75 Å². The summed E-state index contributed by atoms with van der Waals surface area (Å²) in [7, 11) is 1.95. The Morgan fingerprint density at radius 3 is 1.32 bits per heavy atom. The highest BCUT2D eigenvalue weighted by molar-refractivity contribution is 5.69. The summed E-state index contributed by atoms with van der Waals surface area (Å²) in [5, 5.41) is 14.1. The van der Waals surface area contributed by atoms with Gasteiger partial charge in [0.05, 0.1) is 0 Å². The van der Waals surface area contributed by atoms with Gasteiger partial charge >= 0.3 is 0 Å². The third-order valence-corrected chi connectivity index (χ3v) is 3.72. The number of hydrogen-bond acceptors (Lipinski definition) is 2. The van der Waals surface area contributed by atoms with Crippen molar-refractivity contribution in [3.05, 3.63) is 22.3 Å². The summed E-state index contributed by atoms with van der Waals surface area (Å²) in [6, 6.07) is 0. The zero-order chi connectivity index (χ0) is 15.2. The second kappa shape index (κ2) is 4.73. The van der Waals surface area contributed by atoms with E-state index in [1.165, 1.54) is 0 Å². The fourth-order valence-corrected chi connectivity index (χ4v) is 3.22. The van der Waals surface area contributed by atoms with Gasteiger partial charge in [-0.05, 0) is 35.8 Å². The molecule has 0 aliphatic rings. The van der Waals surface area contributed by atoms with Gasteiger partial charge in [-0.15, -0.1) is 0 Å². The van der Waals surface area contributed by atoms with Crippen LogP contribution in [0.4, 0.5) is 5.69 Å². The summed E-state index contributed by atoms with van der Waals surface area (Å²) in [6.07, 6.45) is 0. The maximum atomic E-state index is 10.8. The van der Waals surface area contributed by atoms with Crippen LogP contribution >= 0.6 is 0 Å². The molecule has 0 fully saturated rings. The van der Waals surface area contributed by atoms with Crippen LogP contribution in [0.2, 0.25) is 0 Å². The molecule has 1 aromatic rings. The van der Waals surface area contributed by atoms with Crippen molar-refractivity contribution in [1.82, 2.24) is 0 Å². The van der Waals surface area contributed by atoms with E-state index in [0.717, 1.165) is 27.9 Å². The van der Waals surface area contributed by atoms with Crippen molar-refractivity contribution in [2.24, 2.45) is 0 Å². The third kappa shape index (κ3) is 2.72. The van der Waals surface area contributed by atoms with E-state index in [1.54, 1.807) is 0 Å². The predicted octanol–water partition coefficient (Wildman–Crippen LogP) is 4.65. The van der Waals surface area contributed by atoms with Gasteiger partial charge in [-0.1, -0.05) is 41.5 Å². The van der Waals surface area contributed by atoms with Crippen LogP contribution < -0.4 is 5.32 Å². The lowest BCUT2D eigenvalue weighted by Crippen LogP contribution is -2.21. The third-order valence-electron chi connectivity index (χ3n) is 3.72. The highest BCUT2D eigenvalue weighted by atomic mass is 16.3. The van der Waals surface area contributed by atoms with Gasteiger partial charge in [-0.25, -0.2) is 0 Å². The summed E-state index contributed by atoms with van der Waals surface area (Å²) in [4.78, 5) is 0. The Hall–Kier alpha value is -1.18. The van der Waals surface area contributed by atoms with Crippen LogP contribution in [0.5, 0.6) is 5.75 Å². The SMILES string of the molecule is CNc1c(C)c(C(C)(C)C)c(O)c(C(C)(C)C)c1C. The summed E-state index contributed by atoms with van der Waals surface area (Å²) in [5.41, 5.74) is 5.39. The average Bonchev–Trinajstić information content (AvgIpc) is 2.12. The predicted molar refractivity (Wildman–Crippen MR) is 84.5 cm³/mol. The number of hydrogen-bond donors (Lipinski definition) is 2. The monoisotopic (exact) mass is 263 g/mol. The Bertz CT molecular complexity index is 446.